The standard InChI is InChI=1S/C10H13ClN4O/c1-13-2-3-14-7(5-13)6-15-9(14)4-8(11)12-10(15)16/h4,7H,2-3,5-6H2,1H3. The lowest BCUT2D eigenvalue weighted by Crippen LogP contribution is -2.50. The van der Waals surface area contributed by atoms with E-state index in [1.807, 2.05) is 0 Å². The molecular weight excluding hydrogens is 228 g/mol. The maximum Gasteiger partial charge on any atom is 0.350 e. The molecular formula is C10H13ClN4O. The molecule has 16 heavy (non-hydrogen) atoms. The van der Waals surface area contributed by atoms with E-state index in [0.717, 1.165) is 32.0 Å². The number of nitrogens with zero attached hydrogens (tertiary/aromatic N) is 4. The molecule has 1 aromatic rings. The highest BCUT2D eigenvalue weighted by Gasteiger charge is 2.34. The molecule has 86 valence electrons. The van der Waals surface area contributed by atoms with Gasteiger partial charge in [0.05, 0.1) is 12.6 Å². The van der Waals surface area contributed by atoms with Crippen molar-refractivity contribution in [1.29, 1.82) is 0 Å². The van der Waals surface area contributed by atoms with Crippen LogP contribution in [0.4, 0.5) is 5.82 Å². The van der Waals surface area contributed by atoms with Crippen LogP contribution in [0.15, 0.2) is 10.9 Å². The number of hydrogen-bond acceptors (Lipinski definition) is 4. The third-order valence-electron chi connectivity index (χ3n) is 3.33. The number of anilines is 1. The molecule has 0 aliphatic carbocycles. The third kappa shape index (κ3) is 1.43. The van der Waals surface area contributed by atoms with Gasteiger partial charge in [0.15, 0.2) is 0 Å². The second-order valence-electron chi connectivity index (χ2n) is 4.44. The van der Waals surface area contributed by atoms with E-state index in [2.05, 4.69) is 21.8 Å². The van der Waals surface area contributed by atoms with Gasteiger partial charge >= 0.3 is 5.69 Å². The summed E-state index contributed by atoms with van der Waals surface area (Å²) in [5, 5.41) is 0.288. The van der Waals surface area contributed by atoms with E-state index in [-0.39, 0.29) is 10.8 Å². The lowest BCUT2D eigenvalue weighted by Gasteiger charge is -2.36. The van der Waals surface area contributed by atoms with Gasteiger partial charge in [0.25, 0.3) is 0 Å². The van der Waals surface area contributed by atoms with Crippen molar-refractivity contribution in [3.05, 3.63) is 21.7 Å². The zero-order valence-electron chi connectivity index (χ0n) is 9.06. The summed E-state index contributed by atoms with van der Waals surface area (Å²) < 4.78 is 1.72. The molecule has 0 aromatic carbocycles. The zero-order chi connectivity index (χ0) is 11.3. The van der Waals surface area contributed by atoms with Crippen LogP contribution in [0.1, 0.15) is 0 Å². The minimum Gasteiger partial charge on any atom is -0.350 e. The van der Waals surface area contributed by atoms with Crippen molar-refractivity contribution >= 4 is 17.4 Å². The molecule has 2 aliphatic heterocycles. The number of halogens is 1. The molecule has 0 spiro atoms. The maximum absolute atomic E-state index is 11.7. The van der Waals surface area contributed by atoms with Crippen molar-refractivity contribution in [1.82, 2.24) is 14.5 Å². The van der Waals surface area contributed by atoms with Crippen molar-refractivity contribution in [3.8, 4) is 0 Å². The lowest BCUT2D eigenvalue weighted by molar-refractivity contribution is 0.268. The molecule has 6 heteroatoms. The highest BCUT2D eigenvalue weighted by atomic mass is 35.5. The fourth-order valence-electron chi connectivity index (χ4n) is 2.56. The number of piperazine rings is 1. The quantitative estimate of drug-likeness (QED) is 0.600. The Bertz CT molecular complexity index is 486. The van der Waals surface area contributed by atoms with Crippen molar-refractivity contribution in [2.24, 2.45) is 0 Å². The Morgan fingerprint density at radius 2 is 2.25 bits per heavy atom. The van der Waals surface area contributed by atoms with E-state index < -0.39 is 0 Å². The van der Waals surface area contributed by atoms with Gasteiger partial charge in [-0.3, -0.25) is 4.57 Å². The summed E-state index contributed by atoms with van der Waals surface area (Å²) in [6.07, 6.45) is 0. The SMILES string of the molecule is CN1CCN2c3cc(Cl)nc(=O)n3CC2C1. The van der Waals surface area contributed by atoms with Gasteiger partial charge in [0.2, 0.25) is 0 Å². The number of fused-ring (bicyclic) bond motifs is 3. The van der Waals surface area contributed by atoms with Crippen LogP contribution < -0.4 is 10.6 Å². The second kappa shape index (κ2) is 3.46. The normalized spacial score (nSPS) is 24.4. The van der Waals surface area contributed by atoms with Crippen molar-refractivity contribution < 1.29 is 0 Å². The minimum atomic E-state index is -0.237. The molecule has 1 unspecified atom stereocenters. The van der Waals surface area contributed by atoms with Crippen molar-refractivity contribution in [2.75, 3.05) is 31.6 Å². The van der Waals surface area contributed by atoms with Gasteiger partial charge in [0, 0.05) is 25.7 Å². The lowest BCUT2D eigenvalue weighted by atomic mass is 10.2. The summed E-state index contributed by atoms with van der Waals surface area (Å²) >= 11 is 5.83. The van der Waals surface area contributed by atoms with Crippen LogP contribution in [-0.4, -0.2) is 47.2 Å². The third-order valence-corrected chi connectivity index (χ3v) is 3.53. The van der Waals surface area contributed by atoms with Crippen LogP contribution in [0, 0.1) is 0 Å². The van der Waals surface area contributed by atoms with Gasteiger partial charge in [-0.25, -0.2) is 4.79 Å². The monoisotopic (exact) mass is 240 g/mol. The predicted octanol–water partition coefficient (Wildman–Crippen LogP) is 0.0307. The Morgan fingerprint density at radius 1 is 1.44 bits per heavy atom. The van der Waals surface area contributed by atoms with Gasteiger partial charge in [-0.1, -0.05) is 11.6 Å². The number of rotatable bonds is 0. The topological polar surface area (TPSA) is 41.4 Å². The van der Waals surface area contributed by atoms with E-state index in [1.165, 1.54) is 0 Å². The summed E-state index contributed by atoms with van der Waals surface area (Å²) in [6.45, 7) is 3.67. The Balaban J connectivity index is 2.05. The molecule has 3 rings (SSSR count). The Labute approximate surface area is 98.2 Å². The van der Waals surface area contributed by atoms with Crippen LogP contribution in [0.3, 0.4) is 0 Å². The first-order valence-electron chi connectivity index (χ1n) is 5.38. The van der Waals surface area contributed by atoms with E-state index in [9.17, 15) is 4.79 Å². The van der Waals surface area contributed by atoms with Crippen LogP contribution in [-0.2, 0) is 6.54 Å². The number of likely N-dealkylation sites (N-methyl/N-ethyl adjacent to an activating group) is 1. The molecule has 1 saturated heterocycles. The van der Waals surface area contributed by atoms with E-state index >= 15 is 0 Å². The molecule has 0 amide bonds. The summed E-state index contributed by atoms with van der Waals surface area (Å²) in [5.41, 5.74) is -0.237. The Morgan fingerprint density at radius 3 is 3.06 bits per heavy atom. The van der Waals surface area contributed by atoms with Crippen LogP contribution in [0.5, 0.6) is 0 Å². The van der Waals surface area contributed by atoms with Gasteiger partial charge in [-0.15, -0.1) is 0 Å². The molecule has 3 heterocycles. The fraction of sp³-hybridized carbons (Fsp3) is 0.600. The van der Waals surface area contributed by atoms with Crippen LogP contribution in [0.2, 0.25) is 5.15 Å². The number of hydrogen-bond donors (Lipinski definition) is 0. The minimum absolute atomic E-state index is 0.237. The molecule has 0 N–H and O–H groups in total. The molecule has 5 nitrogen and oxygen atoms in total. The van der Waals surface area contributed by atoms with Crippen molar-refractivity contribution in [3.63, 3.8) is 0 Å². The summed E-state index contributed by atoms with van der Waals surface area (Å²) in [5.74, 6) is 0.920. The average molecular weight is 241 g/mol. The van der Waals surface area contributed by atoms with Gasteiger partial charge in [-0.2, -0.15) is 4.98 Å². The predicted molar refractivity (Wildman–Crippen MR) is 62.1 cm³/mol. The first kappa shape index (κ1) is 10.1. The highest BCUT2D eigenvalue weighted by Crippen LogP contribution is 2.27. The van der Waals surface area contributed by atoms with Gasteiger partial charge in [0.1, 0.15) is 11.0 Å². The van der Waals surface area contributed by atoms with Crippen LogP contribution in [0.25, 0.3) is 0 Å². The molecule has 0 saturated carbocycles. The first-order chi connectivity index (χ1) is 7.65. The van der Waals surface area contributed by atoms with E-state index in [4.69, 9.17) is 11.6 Å². The molecule has 1 aromatic heterocycles. The molecule has 2 aliphatic rings. The average Bonchev–Trinajstić information content (AvgIpc) is 2.56. The molecule has 0 radical (unpaired) electrons. The van der Waals surface area contributed by atoms with Crippen molar-refractivity contribution in [2.45, 2.75) is 12.6 Å². The smallest absolute Gasteiger partial charge is 0.350 e. The van der Waals surface area contributed by atoms with Crippen LogP contribution >= 0.6 is 11.6 Å². The summed E-state index contributed by atoms with van der Waals surface area (Å²) in [7, 11) is 2.11. The fourth-order valence-corrected chi connectivity index (χ4v) is 2.73. The second-order valence-corrected chi connectivity index (χ2v) is 4.83. The van der Waals surface area contributed by atoms with Gasteiger partial charge in [-0.05, 0) is 7.05 Å². The van der Waals surface area contributed by atoms with Gasteiger partial charge < -0.3 is 9.80 Å². The van der Waals surface area contributed by atoms with E-state index in [0.29, 0.717) is 6.04 Å². The zero-order valence-corrected chi connectivity index (χ0v) is 9.81. The largest absolute Gasteiger partial charge is 0.350 e. The Hall–Kier alpha value is -1.07. The Kier molecular flexibility index (Phi) is 2.19. The first-order valence-corrected chi connectivity index (χ1v) is 5.75. The molecule has 1 fully saturated rings. The summed E-state index contributed by atoms with van der Waals surface area (Å²) in [4.78, 5) is 20.0. The molecule has 0 bridgehead atoms. The highest BCUT2D eigenvalue weighted by molar-refractivity contribution is 6.29. The summed E-state index contributed by atoms with van der Waals surface area (Å²) in [6, 6.07) is 2.17. The molecule has 1 atom stereocenters. The number of aromatic nitrogens is 2. The van der Waals surface area contributed by atoms with E-state index in [1.54, 1.807) is 10.6 Å². The maximum atomic E-state index is 11.7.